The lowest BCUT2D eigenvalue weighted by Crippen LogP contribution is -2.50. The molecule has 1 aromatic rings. The molecule has 0 bridgehead atoms. The molecular weight excluding hydrogens is 250 g/mol. The van der Waals surface area contributed by atoms with E-state index in [0.717, 1.165) is 38.9 Å². The van der Waals surface area contributed by atoms with E-state index in [2.05, 4.69) is 28.2 Å². The van der Waals surface area contributed by atoms with Crippen LogP contribution >= 0.6 is 0 Å². The van der Waals surface area contributed by atoms with Crippen LogP contribution in [0, 0.1) is 11.8 Å². The molecule has 1 amide bonds. The van der Waals surface area contributed by atoms with E-state index in [4.69, 9.17) is 0 Å². The van der Waals surface area contributed by atoms with Gasteiger partial charge in [0.25, 0.3) is 0 Å². The van der Waals surface area contributed by atoms with Gasteiger partial charge in [-0.25, -0.2) is 0 Å². The Kier molecular flexibility index (Phi) is 4.01. The molecule has 1 saturated carbocycles. The zero-order chi connectivity index (χ0) is 13.9. The van der Waals surface area contributed by atoms with Gasteiger partial charge in [-0.1, -0.05) is 13.0 Å². The summed E-state index contributed by atoms with van der Waals surface area (Å²) in [6.45, 7) is 4.91. The summed E-state index contributed by atoms with van der Waals surface area (Å²) in [4.78, 5) is 18.3. The summed E-state index contributed by atoms with van der Waals surface area (Å²) in [5.74, 6) is 1.26. The van der Waals surface area contributed by atoms with Gasteiger partial charge in [-0.15, -0.1) is 0 Å². The molecular formula is C16H23N3O. The van der Waals surface area contributed by atoms with Crippen molar-refractivity contribution in [2.75, 3.05) is 13.1 Å². The molecule has 4 heteroatoms. The predicted octanol–water partition coefficient (Wildman–Crippen LogP) is 1.82. The average Bonchev–Trinajstić information content (AvgIpc) is 3.31. The second-order valence-corrected chi connectivity index (χ2v) is 6.17. The zero-order valence-corrected chi connectivity index (χ0v) is 12.1. The molecule has 4 nitrogen and oxygen atoms in total. The molecule has 2 atom stereocenters. The zero-order valence-electron chi connectivity index (χ0n) is 12.1. The van der Waals surface area contributed by atoms with Crippen molar-refractivity contribution in [3.05, 3.63) is 30.1 Å². The minimum absolute atomic E-state index is 0.349. The monoisotopic (exact) mass is 273 g/mol. The van der Waals surface area contributed by atoms with Gasteiger partial charge in [0.2, 0.25) is 5.91 Å². The van der Waals surface area contributed by atoms with Crippen LogP contribution < -0.4 is 5.32 Å². The number of hydrogen-bond donors (Lipinski definition) is 1. The van der Waals surface area contributed by atoms with Gasteiger partial charge in [0.1, 0.15) is 0 Å². The molecule has 0 aromatic carbocycles. The first-order valence-corrected chi connectivity index (χ1v) is 7.65. The molecule has 0 radical (unpaired) electrons. The summed E-state index contributed by atoms with van der Waals surface area (Å²) in [6, 6.07) is 4.56. The Morgan fingerprint density at radius 1 is 1.45 bits per heavy atom. The largest absolute Gasteiger partial charge is 0.342 e. The van der Waals surface area contributed by atoms with Crippen LogP contribution in [-0.4, -0.2) is 34.9 Å². The number of hydrogen-bond acceptors (Lipinski definition) is 3. The molecule has 3 rings (SSSR count). The molecule has 1 N–H and O–H groups in total. The Morgan fingerprint density at radius 2 is 2.30 bits per heavy atom. The topological polar surface area (TPSA) is 45.2 Å². The van der Waals surface area contributed by atoms with Crippen molar-refractivity contribution in [3.63, 3.8) is 0 Å². The summed E-state index contributed by atoms with van der Waals surface area (Å²) < 4.78 is 0. The molecule has 108 valence electrons. The highest BCUT2D eigenvalue weighted by Gasteiger charge is 2.36. The van der Waals surface area contributed by atoms with Crippen LogP contribution in [0.5, 0.6) is 0 Å². The van der Waals surface area contributed by atoms with Crippen LogP contribution in [0.3, 0.4) is 0 Å². The second-order valence-electron chi connectivity index (χ2n) is 6.17. The first-order valence-electron chi connectivity index (χ1n) is 7.65. The average molecular weight is 273 g/mol. The molecule has 1 aliphatic carbocycles. The minimum Gasteiger partial charge on any atom is -0.342 e. The minimum atomic E-state index is 0.349. The number of likely N-dealkylation sites (tertiary alicyclic amines) is 1. The lowest BCUT2D eigenvalue weighted by Gasteiger charge is -2.37. The van der Waals surface area contributed by atoms with Crippen molar-refractivity contribution in [3.8, 4) is 0 Å². The van der Waals surface area contributed by atoms with E-state index in [1.807, 2.05) is 12.3 Å². The summed E-state index contributed by atoms with van der Waals surface area (Å²) >= 11 is 0. The lowest BCUT2D eigenvalue weighted by atomic mass is 9.93. The molecule has 20 heavy (non-hydrogen) atoms. The number of amides is 1. The van der Waals surface area contributed by atoms with Gasteiger partial charge in [-0.05, 0) is 36.8 Å². The van der Waals surface area contributed by atoms with Crippen LogP contribution in [0.2, 0.25) is 0 Å². The summed E-state index contributed by atoms with van der Waals surface area (Å²) in [7, 11) is 0. The Hall–Kier alpha value is -1.42. The summed E-state index contributed by atoms with van der Waals surface area (Å²) in [5, 5.41) is 3.61. The highest BCUT2D eigenvalue weighted by Crippen LogP contribution is 2.32. The van der Waals surface area contributed by atoms with Crippen LogP contribution in [0.15, 0.2) is 24.5 Å². The maximum Gasteiger partial charge on any atom is 0.225 e. The third-order valence-corrected chi connectivity index (χ3v) is 4.43. The fourth-order valence-electron chi connectivity index (χ4n) is 2.99. The summed E-state index contributed by atoms with van der Waals surface area (Å²) in [5.41, 5.74) is 1.22. The SMILES string of the molecule is C[C@H]1CN(C(=O)C2CC2)CC[C@@H]1NCc1cccnc1. The summed E-state index contributed by atoms with van der Waals surface area (Å²) in [6.07, 6.45) is 6.97. The van der Waals surface area contributed by atoms with E-state index in [9.17, 15) is 4.79 Å². The van der Waals surface area contributed by atoms with Crippen molar-refractivity contribution in [1.29, 1.82) is 0 Å². The smallest absolute Gasteiger partial charge is 0.225 e. The van der Waals surface area contributed by atoms with E-state index < -0.39 is 0 Å². The van der Waals surface area contributed by atoms with Gasteiger partial charge >= 0.3 is 0 Å². The molecule has 2 aliphatic rings. The van der Waals surface area contributed by atoms with E-state index in [1.165, 1.54) is 5.56 Å². The molecule has 0 unspecified atom stereocenters. The lowest BCUT2D eigenvalue weighted by molar-refractivity contribution is -0.134. The van der Waals surface area contributed by atoms with Crippen LogP contribution in [0.4, 0.5) is 0 Å². The van der Waals surface area contributed by atoms with Crippen molar-refractivity contribution in [2.24, 2.45) is 11.8 Å². The number of piperidine rings is 1. The third kappa shape index (κ3) is 3.18. The molecule has 0 spiro atoms. The molecule has 1 aliphatic heterocycles. The molecule has 2 heterocycles. The van der Waals surface area contributed by atoms with E-state index >= 15 is 0 Å². The maximum absolute atomic E-state index is 12.1. The van der Waals surface area contributed by atoms with Crippen LogP contribution in [0.25, 0.3) is 0 Å². The van der Waals surface area contributed by atoms with Gasteiger partial charge in [0, 0.05) is 44.0 Å². The number of rotatable bonds is 4. The van der Waals surface area contributed by atoms with Crippen LogP contribution in [0.1, 0.15) is 31.7 Å². The Bertz CT molecular complexity index is 458. The third-order valence-electron chi connectivity index (χ3n) is 4.43. The molecule has 1 saturated heterocycles. The van der Waals surface area contributed by atoms with Crippen molar-refractivity contribution in [2.45, 2.75) is 38.8 Å². The van der Waals surface area contributed by atoms with Gasteiger partial charge < -0.3 is 10.2 Å². The standard InChI is InChI=1S/C16H23N3O/c1-12-11-19(16(20)14-4-5-14)8-6-15(12)18-10-13-3-2-7-17-9-13/h2-3,7,9,12,14-15,18H,4-6,8,10-11H2,1H3/t12-,15-/m0/s1. The first-order chi connectivity index (χ1) is 9.74. The van der Waals surface area contributed by atoms with Crippen molar-refractivity contribution >= 4 is 5.91 Å². The second kappa shape index (κ2) is 5.92. The Labute approximate surface area is 120 Å². The predicted molar refractivity (Wildman–Crippen MR) is 77.9 cm³/mol. The van der Waals surface area contributed by atoms with Crippen LogP contribution in [-0.2, 0) is 11.3 Å². The number of pyridine rings is 1. The normalized spacial score (nSPS) is 26.6. The van der Waals surface area contributed by atoms with Gasteiger partial charge in [0.05, 0.1) is 0 Å². The maximum atomic E-state index is 12.1. The van der Waals surface area contributed by atoms with Gasteiger partial charge in [-0.3, -0.25) is 9.78 Å². The van der Waals surface area contributed by atoms with Gasteiger partial charge in [0.15, 0.2) is 0 Å². The Morgan fingerprint density at radius 3 is 2.95 bits per heavy atom. The highest BCUT2D eigenvalue weighted by atomic mass is 16.2. The Balaban J connectivity index is 1.48. The number of carbonyl (C=O) groups excluding carboxylic acids is 1. The number of nitrogens with one attached hydrogen (secondary N) is 1. The fraction of sp³-hybridized carbons (Fsp3) is 0.625. The number of carbonyl (C=O) groups is 1. The molecule has 2 fully saturated rings. The first kappa shape index (κ1) is 13.6. The fourth-order valence-corrected chi connectivity index (χ4v) is 2.99. The van der Waals surface area contributed by atoms with Gasteiger partial charge in [-0.2, -0.15) is 0 Å². The van der Waals surface area contributed by atoms with Crippen molar-refractivity contribution < 1.29 is 4.79 Å². The van der Waals surface area contributed by atoms with E-state index in [-0.39, 0.29) is 0 Å². The highest BCUT2D eigenvalue weighted by molar-refractivity contribution is 5.81. The number of nitrogens with zero attached hydrogens (tertiary/aromatic N) is 2. The van der Waals surface area contributed by atoms with E-state index in [0.29, 0.717) is 23.8 Å². The quantitative estimate of drug-likeness (QED) is 0.910. The molecule has 1 aromatic heterocycles. The number of aromatic nitrogens is 1. The van der Waals surface area contributed by atoms with E-state index in [1.54, 1.807) is 6.20 Å². The van der Waals surface area contributed by atoms with Crippen molar-refractivity contribution in [1.82, 2.24) is 15.2 Å².